The Balaban J connectivity index is 0.000000395. The third-order valence-electron chi connectivity index (χ3n) is 8.74. The number of pyridine rings is 1. The van der Waals surface area contributed by atoms with Crippen molar-refractivity contribution in [2.24, 2.45) is 0 Å². The van der Waals surface area contributed by atoms with Crippen LogP contribution in [0, 0.1) is 122 Å². The molecule has 310 valence electrons. The average molecular weight is 867 g/mol. The highest BCUT2D eigenvalue weighted by Crippen LogP contribution is 2.30. The second-order valence-corrected chi connectivity index (χ2v) is 12.0. The van der Waals surface area contributed by atoms with Gasteiger partial charge < -0.3 is 0 Å². The van der Waals surface area contributed by atoms with Crippen molar-refractivity contribution in [3.05, 3.63) is 183 Å². The van der Waals surface area contributed by atoms with Crippen LogP contribution in [-0.4, -0.2) is 6.15 Å². The third-order valence-corrected chi connectivity index (χ3v) is 8.74. The lowest BCUT2D eigenvalue weighted by molar-refractivity contribution is -0.688. The lowest BCUT2D eigenvalue weighted by atomic mass is 9.12. The van der Waals surface area contributed by atoms with E-state index in [2.05, 4.69) is 0 Å². The van der Waals surface area contributed by atoms with Crippen molar-refractivity contribution < 1.29 is 96.8 Å². The highest BCUT2D eigenvalue weighted by atomic mass is 19.2. The van der Waals surface area contributed by atoms with Gasteiger partial charge in [0.1, 0.15) is 58.5 Å². The van der Waals surface area contributed by atoms with E-state index in [1.54, 1.807) is 12.1 Å². The molecule has 23 heteroatoms. The van der Waals surface area contributed by atoms with Gasteiger partial charge in [-0.2, -0.15) is 0 Å². The van der Waals surface area contributed by atoms with Gasteiger partial charge in [-0.15, -0.1) is 21.9 Å². The molecule has 0 unspecified atom stereocenters. The van der Waals surface area contributed by atoms with Gasteiger partial charge in [0.2, 0.25) is 0 Å². The average Bonchev–Trinajstić information content (AvgIpc) is 3.21. The van der Waals surface area contributed by atoms with Crippen LogP contribution in [0.3, 0.4) is 0 Å². The maximum absolute atomic E-state index is 15.4. The zero-order chi connectivity index (χ0) is 44.2. The Bertz CT molecular complexity index is 2270. The minimum Gasteiger partial charge on any atom is -0.207 e. The van der Waals surface area contributed by atoms with Crippen molar-refractivity contribution in [1.29, 1.82) is 0 Å². The first-order chi connectivity index (χ1) is 27.5. The van der Waals surface area contributed by atoms with Gasteiger partial charge in [-0.1, -0.05) is 18.2 Å². The van der Waals surface area contributed by atoms with E-state index < -0.39 is 144 Å². The van der Waals surface area contributed by atoms with Crippen LogP contribution in [0.2, 0.25) is 0 Å². The quantitative estimate of drug-likeness (QED) is 0.0526. The van der Waals surface area contributed by atoms with Crippen LogP contribution in [0.15, 0.2) is 54.9 Å². The number of rotatable bonds is 6. The summed E-state index contributed by atoms with van der Waals surface area (Å²) in [5.41, 5.74) is -13.4. The Morgan fingerprint density at radius 1 is 0.305 bits per heavy atom. The molecule has 0 spiro atoms. The van der Waals surface area contributed by atoms with Crippen LogP contribution in [0.4, 0.5) is 92.2 Å². The second-order valence-electron chi connectivity index (χ2n) is 12.0. The molecule has 0 fully saturated rings. The van der Waals surface area contributed by atoms with E-state index in [1.165, 1.54) is 6.07 Å². The van der Waals surface area contributed by atoms with E-state index in [0.29, 0.717) is 6.54 Å². The lowest BCUT2D eigenvalue weighted by Gasteiger charge is -2.44. The molecule has 6 aromatic rings. The van der Waals surface area contributed by atoms with Gasteiger partial charge >= 0.3 is 0 Å². The van der Waals surface area contributed by atoms with Crippen LogP contribution in [0.5, 0.6) is 0 Å². The van der Waals surface area contributed by atoms with E-state index in [9.17, 15) is 57.1 Å². The number of hydrogen-bond acceptors (Lipinski definition) is 0. The van der Waals surface area contributed by atoms with Crippen LogP contribution in [0.25, 0.3) is 0 Å². The Kier molecular flexibility index (Phi) is 12.1. The molecular formula is C36H11BF21N. The number of benzene rings is 5. The molecule has 0 aliphatic rings. The van der Waals surface area contributed by atoms with Crippen molar-refractivity contribution in [3.8, 4) is 0 Å². The summed E-state index contributed by atoms with van der Waals surface area (Å²) in [7, 11) is 0. The summed E-state index contributed by atoms with van der Waals surface area (Å²) in [6.45, 7) is 0.707. The van der Waals surface area contributed by atoms with Gasteiger partial charge in [-0.05, 0) is 12.1 Å². The SMILES string of the molecule is Fc1c(F)c(F)c([B-](c2c(F)c(F)c(F)c(F)c2F)(c2c(F)c(F)c(F)c(F)c2F)c2c(F)c(F)c(F)c(F)c2F)c(F)c1F.Fc1cccc(C[n+]2ccccc2)c1. The molecule has 6 rings (SSSR count). The van der Waals surface area contributed by atoms with Gasteiger partial charge in [0, 0.05) is 17.7 Å². The van der Waals surface area contributed by atoms with Crippen LogP contribution < -0.4 is 26.4 Å². The smallest absolute Gasteiger partial charge is 0.200 e. The largest absolute Gasteiger partial charge is 0.207 e. The fourth-order valence-corrected chi connectivity index (χ4v) is 6.26. The molecule has 0 atom stereocenters. The summed E-state index contributed by atoms with van der Waals surface area (Å²) in [4.78, 5) is 0. The molecule has 0 aliphatic carbocycles. The molecule has 59 heavy (non-hydrogen) atoms. The number of nitrogens with zero attached hydrogens (tertiary/aromatic N) is 1. The van der Waals surface area contributed by atoms with Crippen molar-refractivity contribution in [2.45, 2.75) is 6.54 Å². The molecule has 0 radical (unpaired) electrons. The van der Waals surface area contributed by atoms with Crippen molar-refractivity contribution in [2.75, 3.05) is 0 Å². The summed E-state index contributed by atoms with van der Waals surface area (Å²) < 4.78 is 309. The van der Waals surface area contributed by atoms with E-state index in [1.807, 2.05) is 41.2 Å². The van der Waals surface area contributed by atoms with Crippen molar-refractivity contribution in [3.63, 3.8) is 0 Å². The van der Waals surface area contributed by atoms with Gasteiger partial charge in [0.05, 0.1) is 0 Å². The first kappa shape index (κ1) is 44.0. The minimum atomic E-state index is -7.22. The van der Waals surface area contributed by atoms with Crippen LogP contribution in [0.1, 0.15) is 5.56 Å². The second kappa shape index (κ2) is 16.2. The van der Waals surface area contributed by atoms with Gasteiger partial charge in [0.25, 0.3) is 0 Å². The number of aromatic nitrogens is 1. The summed E-state index contributed by atoms with van der Waals surface area (Å²) >= 11 is 0. The maximum atomic E-state index is 15.4. The normalized spacial score (nSPS) is 11.5. The molecule has 0 N–H and O–H groups in total. The summed E-state index contributed by atoms with van der Waals surface area (Å²) in [6, 6.07) is 12.5. The lowest BCUT2D eigenvalue weighted by Crippen LogP contribution is -2.81. The van der Waals surface area contributed by atoms with E-state index in [0.717, 1.165) is 5.56 Å². The molecule has 0 aliphatic heterocycles. The van der Waals surface area contributed by atoms with Crippen LogP contribution >= 0.6 is 0 Å². The Morgan fingerprint density at radius 3 is 0.814 bits per heavy atom. The Hall–Kier alpha value is -6.16. The Morgan fingerprint density at radius 2 is 0.559 bits per heavy atom. The van der Waals surface area contributed by atoms with Crippen LogP contribution in [-0.2, 0) is 6.54 Å². The molecule has 0 saturated carbocycles. The maximum Gasteiger partial charge on any atom is 0.200 e. The zero-order valence-corrected chi connectivity index (χ0v) is 27.9. The fraction of sp³-hybridized carbons (Fsp3) is 0.0278. The minimum absolute atomic E-state index is 0.181. The van der Waals surface area contributed by atoms with Crippen molar-refractivity contribution >= 4 is 28.0 Å². The molecule has 0 bridgehead atoms. The molecule has 0 saturated heterocycles. The molecule has 1 nitrogen and oxygen atoms in total. The molecule has 5 aromatic carbocycles. The van der Waals surface area contributed by atoms with Crippen molar-refractivity contribution in [1.82, 2.24) is 0 Å². The summed E-state index contributed by atoms with van der Waals surface area (Å²) in [6.07, 6.45) is -3.29. The highest BCUT2D eigenvalue weighted by molar-refractivity contribution is 7.20. The van der Waals surface area contributed by atoms with Gasteiger partial charge in [-0.25, -0.2) is 96.8 Å². The monoisotopic (exact) mass is 867 g/mol. The van der Waals surface area contributed by atoms with E-state index in [-0.39, 0.29) is 5.82 Å². The summed E-state index contributed by atoms with van der Waals surface area (Å²) in [5.74, 6) is -71.6. The van der Waals surface area contributed by atoms with E-state index >= 15 is 35.1 Å². The van der Waals surface area contributed by atoms with Gasteiger partial charge in [0.15, 0.2) is 88.7 Å². The fourth-order valence-electron chi connectivity index (χ4n) is 6.26. The Labute approximate surface area is 314 Å². The first-order valence-corrected chi connectivity index (χ1v) is 15.5. The topological polar surface area (TPSA) is 3.88 Å². The first-order valence-electron chi connectivity index (χ1n) is 15.5. The van der Waals surface area contributed by atoms with E-state index in [4.69, 9.17) is 0 Å². The highest BCUT2D eigenvalue weighted by Gasteiger charge is 2.52. The molecule has 1 aromatic heterocycles. The number of hydrogen-bond donors (Lipinski definition) is 0. The summed E-state index contributed by atoms with van der Waals surface area (Å²) in [5, 5.41) is 0. The number of halogens is 21. The zero-order valence-electron chi connectivity index (χ0n) is 27.9. The van der Waals surface area contributed by atoms with Gasteiger partial charge in [-0.3, -0.25) is 0 Å². The predicted molar refractivity (Wildman–Crippen MR) is 161 cm³/mol. The predicted octanol–water partition coefficient (Wildman–Crippen LogP) is 8.01. The molecular weight excluding hydrogens is 856 g/mol. The standard InChI is InChI=1S/C24BF20.C12H11FN/c26-5-1(6(27)14(35)21(42)13(5)34)25(2-7(28)15(36)22(43)16(37)8(2)29,3-9(30)17(38)23(44)18(39)10(3)31)4-11(32)19(40)24(45)20(41)12(4)33;13-12-6-4-5-11(9-12)10-14-7-2-1-3-8-14/h;1-9H,10H2/q-1;+1. The molecule has 0 amide bonds. The molecule has 1 heterocycles. The third kappa shape index (κ3) is 6.98.